The molecule has 0 radical (unpaired) electrons. The van der Waals surface area contributed by atoms with Gasteiger partial charge >= 0.3 is 0 Å². The first kappa shape index (κ1) is 14.7. The summed E-state index contributed by atoms with van der Waals surface area (Å²) >= 11 is 5.83. The van der Waals surface area contributed by atoms with Crippen molar-refractivity contribution in [3.05, 3.63) is 28.5 Å². The lowest BCUT2D eigenvalue weighted by Crippen LogP contribution is -2.45. The largest absolute Gasteiger partial charge is 0.315 e. The molecule has 1 atom stereocenters. The van der Waals surface area contributed by atoms with Crippen molar-refractivity contribution in [3.8, 4) is 0 Å². The zero-order valence-electron chi connectivity index (χ0n) is 10.5. The number of halogens is 2. The molecule has 106 valence electrons. The van der Waals surface area contributed by atoms with Crippen LogP contribution in [0.15, 0.2) is 17.0 Å². The molecule has 0 aromatic heterocycles. The minimum absolute atomic E-state index is 0.0707. The Morgan fingerprint density at radius 2 is 2.21 bits per heavy atom. The zero-order valence-corrected chi connectivity index (χ0v) is 12.1. The van der Waals surface area contributed by atoms with E-state index in [1.54, 1.807) is 0 Å². The average Bonchev–Trinajstić information content (AvgIpc) is 2.34. The van der Waals surface area contributed by atoms with Crippen LogP contribution >= 0.6 is 11.6 Å². The highest BCUT2D eigenvalue weighted by molar-refractivity contribution is 7.89. The van der Waals surface area contributed by atoms with Crippen molar-refractivity contribution in [3.63, 3.8) is 0 Å². The fourth-order valence-electron chi connectivity index (χ4n) is 2.07. The Hall–Kier alpha value is -0.690. The highest BCUT2D eigenvalue weighted by atomic mass is 35.5. The van der Waals surface area contributed by atoms with E-state index >= 15 is 0 Å². The van der Waals surface area contributed by atoms with Crippen molar-refractivity contribution >= 4 is 21.6 Å². The second-order valence-electron chi connectivity index (χ2n) is 4.70. The predicted octanol–water partition coefficient (Wildman–Crippen LogP) is 1.82. The molecule has 1 heterocycles. The molecule has 0 saturated carbocycles. The van der Waals surface area contributed by atoms with Crippen molar-refractivity contribution in [2.45, 2.75) is 30.7 Å². The Bertz CT molecular complexity index is 571. The molecule has 1 unspecified atom stereocenters. The molecule has 1 saturated heterocycles. The van der Waals surface area contributed by atoms with Crippen molar-refractivity contribution in [2.75, 3.05) is 13.1 Å². The molecule has 1 aliphatic heterocycles. The molecule has 19 heavy (non-hydrogen) atoms. The fraction of sp³-hybridized carbons (Fsp3) is 0.500. The number of aryl methyl sites for hydroxylation is 1. The lowest BCUT2D eigenvalue weighted by Gasteiger charge is -2.23. The van der Waals surface area contributed by atoms with E-state index in [0.717, 1.165) is 25.5 Å². The van der Waals surface area contributed by atoms with E-state index in [0.29, 0.717) is 6.54 Å². The molecular formula is C12H16ClFN2O2S. The third-order valence-corrected chi connectivity index (χ3v) is 5.11. The van der Waals surface area contributed by atoms with Gasteiger partial charge < -0.3 is 5.32 Å². The normalized spacial score (nSPS) is 20.5. The van der Waals surface area contributed by atoms with E-state index in [2.05, 4.69) is 10.0 Å². The maximum absolute atomic E-state index is 13.3. The van der Waals surface area contributed by atoms with Gasteiger partial charge in [-0.05, 0) is 44.0 Å². The van der Waals surface area contributed by atoms with Crippen molar-refractivity contribution < 1.29 is 12.8 Å². The topological polar surface area (TPSA) is 58.2 Å². The molecular weight excluding hydrogens is 291 g/mol. The van der Waals surface area contributed by atoms with Crippen LogP contribution in [0.5, 0.6) is 0 Å². The third-order valence-electron chi connectivity index (χ3n) is 3.12. The summed E-state index contributed by atoms with van der Waals surface area (Å²) < 4.78 is 40.4. The van der Waals surface area contributed by atoms with Crippen molar-refractivity contribution in [1.29, 1.82) is 0 Å². The Labute approximate surface area is 117 Å². The van der Waals surface area contributed by atoms with Gasteiger partial charge in [-0.25, -0.2) is 17.5 Å². The molecule has 1 aliphatic rings. The first-order valence-corrected chi connectivity index (χ1v) is 7.95. The second kappa shape index (κ2) is 5.75. The smallest absolute Gasteiger partial charge is 0.242 e. The summed E-state index contributed by atoms with van der Waals surface area (Å²) in [5.41, 5.74) is 0.256. The van der Waals surface area contributed by atoms with Gasteiger partial charge in [0, 0.05) is 12.6 Å². The minimum atomic E-state index is -3.72. The lowest BCUT2D eigenvalue weighted by molar-refractivity contribution is 0.428. The summed E-state index contributed by atoms with van der Waals surface area (Å²) in [4.78, 5) is -0.0707. The highest BCUT2D eigenvalue weighted by Crippen LogP contribution is 2.25. The molecule has 0 amide bonds. The molecule has 1 aromatic rings. The first-order chi connectivity index (χ1) is 8.90. The SMILES string of the molecule is Cc1cc(S(=O)(=O)NC2CCCNC2)c(Cl)cc1F. The Balaban J connectivity index is 2.26. The predicted molar refractivity (Wildman–Crippen MR) is 72.4 cm³/mol. The van der Waals surface area contributed by atoms with Crippen LogP contribution in [0.3, 0.4) is 0 Å². The van der Waals surface area contributed by atoms with Gasteiger partial charge in [-0.3, -0.25) is 0 Å². The molecule has 0 spiro atoms. The van der Waals surface area contributed by atoms with Gasteiger partial charge in [0.25, 0.3) is 0 Å². The highest BCUT2D eigenvalue weighted by Gasteiger charge is 2.24. The van der Waals surface area contributed by atoms with Crippen LogP contribution < -0.4 is 10.0 Å². The number of hydrogen-bond acceptors (Lipinski definition) is 3. The van der Waals surface area contributed by atoms with Gasteiger partial charge in [-0.15, -0.1) is 0 Å². The maximum Gasteiger partial charge on any atom is 0.242 e. The molecule has 4 nitrogen and oxygen atoms in total. The maximum atomic E-state index is 13.3. The zero-order chi connectivity index (χ0) is 14.0. The minimum Gasteiger partial charge on any atom is -0.315 e. The molecule has 1 fully saturated rings. The first-order valence-electron chi connectivity index (χ1n) is 6.09. The fourth-order valence-corrected chi connectivity index (χ4v) is 3.94. The van der Waals surface area contributed by atoms with Gasteiger partial charge in [0.15, 0.2) is 0 Å². The average molecular weight is 307 g/mol. The Morgan fingerprint density at radius 3 is 2.84 bits per heavy atom. The number of hydrogen-bond donors (Lipinski definition) is 2. The van der Waals surface area contributed by atoms with Crippen LogP contribution in [-0.4, -0.2) is 27.5 Å². The number of nitrogens with one attached hydrogen (secondary N) is 2. The van der Waals surface area contributed by atoms with Crippen LogP contribution in [0, 0.1) is 12.7 Å². The summed E-state index contributed by atoms with van der Waals surface area (Å²) in [6.45, 7) is 3.00. The molecule has 7 heteroatoms. The van der Waals surface area contributed by atoms with Gasteiger partial charge in [0.2, 0.25) is 10.0 Å². The van der Waals surface area contributed by atoms with E-state index in [4.69, 9.17) is 11.6 Å². The molecule has 0 bridgehead atoms. The number of benzene rings is 1. The van der Waals surface area contributed by atoms with Crippen molar-refractivity contribution in [1.82, 2.24) is 10.0 Å². The standard InChI is InChI=1S/C12H16ClFN2O2S/c1-8-5-12(10(13)6-11(8)14)19(17,18)16-9-3-2-4-15-7-9/h5-6,9,15-16H,2-4,7H2,1H3. The van der Waals surface area contributed by atoms with Gasteiger partial charge in [0.1, 0.15) is 10.7 Å². The number of piperidine rings is 1. The monoisotopic (exact) mass is 306 g/mol. The van der Waals surface area contributed by atoms with E-state index in [9.17, 15) is 12.8 Å². The number of sulfonamides is 1. The lowest BCUT2D eigenvalue weighted by atomic mass is 10.1. The van der Waals surface area contributed by atoms with Crippen LogP contribution in [0.1, 0.15) is 18.4 Å². The van der Waals surface area contributed by atoms with E-state index in [1.165, 1.54) is 13.0 Å². The van der Waals surface area contributed by atoms with Crippen LogP contribution in [0.2, 0.25) is 5.02 Å². The molecule has 2 rings (SSSR count). The van der Waals surface area contributed by atoms with Gasteiger partial charge in [-0.2, -0.15) is 0 Å². The van der Waals surface area contributed by atoms with E-state index in [-0.39, 0.29) is 21.5 Å². The summed E-state index contributed by atoms with van der Waals surface area (Å²) in [5, 5.41) is 3.03. The van der Waals surface area contributed by atoms with E-state index < -0.39 is 15.8 Å². The summed E-state index contributed by atoms with van der Waals surface area (Å²) in [6.07, 6.45) is 1.70. The second-order valence-corrected chi connectivity index (χ2v) is 6.79. The Morgan fingerprint density at radius 1 is 1.47 bits per heavy atom. The summed E-state index contributed by atoms with van der Waals surface area (Å²) in [5.74, 6) is -0.511. The molecule has 0 aliphatic carbocycles. The quantitative estimate of drug-likeness (QED) is 0.895. The Kier molecular flexibility index (Phi) is 4.45. The summed E-state index contributed by atoms with van der Waals surface area (Å²) in [7, 11) is -3.72. The summed E-state index contributed by atoms with van der Waals surface area (Å²) in [6, 6.07) is 2.14. The van der Waals surface area contributed by atoms with Crippen molar-refractivity contribution in [2.24, 2.45) is 0 Å². The number of rotatable bonds is 3. The van der Waals surface area contributed by atoms with Crippen LogP contribution in [0.25, 0.3) is 0 Å². The molecule has 2 N–H and O–H groups in total. The van der Waals surface area contributed by atoms with Crippen LogP contribution in [0.4, 0.5) is 4.39 Å². The van der Waals surface area contributed by atoms with Gasteiger partial charge in [-0.1, -0.05) is 11.6 Å². The third kappa shape index (κ3) is 3.45. The van der Waals surface area contributed by atoms with Gasteiger partial charge in [0.05, 0.1) is 5.02 Å². The molecule has 1 aromatic carbocycles. The van der Waals surface area contributed by atoms with E-state index in [1.807, 2.05) is 0 Å². The van der Waals surface area contributed by atoms with Crippen LogP contribution in [-0.2, 0) is 10.0 Å².